The van der Waals surface area contributed by atoms with Gasteiger partial charge in [-0.1, -0.05) is 0 Å². The van der Waals surface area contributed by atoms with Crippen molar-refractivity contribution in [1.82, 2.24) is 15.2 Å². The zero-order chi connectivity index (χ0) is 27.3. The fourth-order valence-corrected chi connectivity index (χ4v) is 6.63. The highest BCUT2D eigenvalue weighted by Gasteiger charge is 2.39. The summed E-state index contributed by atoms with van der Waals surface area (Å²) in [6.07, 6.45) is 3.34. The van der Waals surface area contributed by atoms with Crippen LogP contribution in [0.2, 0.25) is 0 Å². The molecule has 1 aliphatic rings. The number of rotatable bonds is 6. The predicted molar refractivity (Wildman–Crippen MR) is 137 cm³/mol. The second-order valence-corrected chi connectivity index (χ2v) is 10.7. The molecule has 0 aliphatic heterocycles. The van der Waals surface area contributed by atoms with Crippen LogP contribution in [-0.4, -0.2) is 28.5 Å². The topological polar surface area (TPSA) is 159 Å². The summed E-state index contributed by atoms with van der Waals surface area (Å²) >= 11 is 0. The van der Waals surface area contributed by atoms with Crippen LogP contribution in [0.4, 0.5) is 15.8 Å². The highest BCUT2D eigenvalue weighted by atomic mass is 32.2. The van der Waals surface area contributed by atoms with Gasteiger partial charge in [-0.15, -0.1) is 0 Å². The number of nitro benzene ring substituents is 1. The minimum absolute atomic E-state index is 0.146. The Hall–Kier alpha value is -5.09. The molecule has 0 saturated heterocycles. The van der Waals surface area contributed by atoms with E-state index in [0.717, 1.165) is 34.6 Å². The number of H-pyrrole nitrogens is 1. The van der Waals surface area contributed by atoms with Gasteiger partial charge in [-0.05, 0) is 60.9 Å². The van der Waals surface area contributed by atoms with Gasteiger partial charge in [0.1, 0.15) is 11.5 Å². The number of non-ortho nitro benzene ring substituents is 1. The summed E-state index contributed by atoms with van der Waals surface area (Å²) in [5, 5.41) is 28.1. The van der Waals surface area contributed by atoms with Crippen molar-refractivity contribution in [3.63, 3.8) is 0 Å². The van der Waals surface area contributed by atoms with Crippen molar-refractivity contribution in [1.29, 1.82) is 5.26 Å². The molecule has 11 nitrogen and oxygen atoms in total. The number of benzene rings is 3. The Kier molecular flexibility index (Phi) is 5.62. The van der Waals surface area contributed by atoms with E-state index >= 15 is 4.39 Å². The number of fused-ring (bicyclic) bond motifs is 2. The van der Waals surface area contributed by atoms with Crippen molar-refractivity contribution in [2.24, 2.45) is 0 Å². The zero-order valence-electron chi connectivity index (χ0n) is 19.9. The Morgan fingerprint density at radius 3 is 2.67 bits per heavy atom. The van der Waals surface area contributed by atoms with E-state index in [2.05, 4.69) is 15.2 Å². The Balaban J connectivity index is 1.55. The van der Waals surface area contributed by atoms with Crippen molar-refractivity contribution < 1.29 is 22.1 Å². The summed E-state index contributed by atoms with van der Waals surface area (Å²) in [5.41, 5.74) is 1.86. The smallest absolute Gasteiger partial charge is 0.269 e. The highest BCUT2D eigenvalue weighted by Crippen LogP contribution is 2.44. The van der Waals surface area contributed by atoms with E-state index in [4.69, 9.17) is 4.42 Å². The first-order chi connectivity index (χ1) is 18.8. The number of oxazole rings is 1. The van der Waals surface area contributed by atoms with Crippen molar-refractivity contribution in [3.05, 3.63) is 99.8 Å². The fraction of sp³-hybridized carbons (Fsp3) is 0.115. The third-order valence-electron chi connectivity index (χ3n) is 6.72. The molecule has 13 heteroatoms. The van der Waals surface area contributed by atoms with Gasteiger partial charge >= 0.3 is 0 Å². The number of aromatic nitrogens is 3. The van der Waals surface area contributed by atoms with Crippen LogP contribution in [0.15, 0.2) is 76.5 Å². The lowest BCUT2D eigenvalue weighted by atomic mass is 10.0. The molecule has 0 saturated carbocycles. The van der Waals surface area contributed by atoms with E-state index < -0.39 is 26.8 Å². The number of aromatic amines is 1. The molecule has 3 aromatic carbocycles. The van der Waals surface area contributed by atoms with Gasteiger partial charge in [0.2, 0.25) is 0 Å². The fourth-order valence-electron chi connectivity index (χ4n) is 4.99. The Morgan fingerprint density at radius 1 is 1.18 bits per heavy atom. The molecule has 2 aromatic heterocycles. The summed E-state index contributed by atoms with van der Waals surface area (Å²) in [5.74, 6) is -0.313. The zero-order valence-corrected chi connectivity index (χ0v) is 20.7. The van der Waals surface area contributed by atoms with Gasteiger partial charge in [-0.2, -0.15) is 10.4 Å². The molecule has 6 rings (SSSR count). The molecule has 1 aliphatic carbocycles. The summed E-state index contributed by atoms with van der Waals surface area (Å²) in [7, 11) is -4.36. The summed E-state index contributed by atoms with van der Waals surface area (Å²) in [6, 6.07) is 13.0. The van der Waals surface area contributed by atoms with Crippen LogP contribution >= 0.6 is 0 Å². The standard InChI is InChI=1S/C26H17FN6O5S/c27-21-10-15(12-28)9-16-1-8-23(25(16)21)32(39(36,37)19-5-2-17(3-6-19)33(34)35)18-4-7-22-20(11-18)26(31-30-22)24-13-29-14-38-24/h2-7,9-11,13-14,23H,1,8H2,(H,30,31). The number of hydrogen-bond donors (Lipinski definition) is 1. The molecule has 1 unspecified atom stereocenters. The average Bonchev–Trinajstić information content (AvgIpc) is 3.69. The number of halogens is 1. The second kappa shape index (κ2) is 9.03. The van der Waals surface area contributed by atoms with Gasteiger partial charge in [0.05, 0.1) is 44.9 Å². The summed E-state index contributed by atoms with van der Waals surface area (Å²) in [4.78, 5) is 14.2. The van der Waals surface area contributed by atoms with Crippen molar-refractivity contribution in [3.8, 4) is 17.5 Å². The monoisotopic (exact) mass is 544 g/mol. The van der Waals surface area contributed by atoms with Gasteiger partial charge in [0.25, 0.3) is 15.7 Å². The molecule has 0 fully saturated rings. The molecule has 0 radical (unpaired) electrons. The summed E-state index contributed by atoms with van der Waals surface area (Å²) in [6.45, 7) is 0. The van der Waals surface area contributed by atoms with Crippen LogP contribution in [0.3, 0.4) is 0 Å². The van der Waals surface area contributed by atoms with Crippen LogP contribution in [0.5, 0.6) is 0 Å². The lowest BCUT2D eigenvalue weighted by molar-refractivity contribution is -0.384. The number of sulfonamides is 1. The molecule has 1 N–H and O–H groups in total. The average molecular weight is 545 g/mol. The second-order valence-electron chi connectivity index (χ2n) is 8.92. The quantitative estimate of drug-likeness (QED) is 0.230. The van der Waals surface area contributed by atoms with Crippen molar-refractivity contribution in [2.45, 2.75) is 23.8 Å². The Bertz CT molecular complexity index is 1900. The number of nitrogens with one attached hydrogen (secondary N) is 1. The third kappa shape index (κ3) is 3.98. The van der Waals surface area contributed by atoms with Gasteiger partial charge < -0.3 is 4.42 Å². The van der Waals surface area contributed by atoms with Crippen LogP contribution < -0.4 is 4.31 Å². The van der Waals surface area contributed by atoms with Crippen molar-refractivity contribution in [2.75, 3.05) is 4.31 Å². The van der Waals surface area contributed by atoms with E-state index in [1.54, 1.807) is 24.3 Å². The SMILES string of the molecule is N#Cc1cc(F)c2c(c1)CCC2N(c1ccc2[nH]nc(-c3cnco3)c2c1)S(=O)(=O)c1ccc([N+](=O)[O-])cc1. The molecule has 194 valence electrons. The molecule has 0 bridgehead atoms. The molecule has 1 atom stereocenters. The van der Waals surface area contributed by atoms with Crippen LogP contribution in [0, 0.1) is 27.3 Å². The maximum absolute atomic E-state index is 15.4. The van der Waals surface area contributed by atoms with E-state index in [0.29, 0.717) is 34.3 Å². The third-order valence-corrected chi connectivity index (χ3v) is 8.57. The number of nitro groups is 1. The first-order valence-corrected chi connectivity index (χ1v) is 13.1. The van der Waals surface area contributed by atoms with Crippen LogP contribution in [-0.2, 0) is 16.4 Å². The van der Waals surface area contributed by atoms with Gasteiger partial charge in [0, 0.05) is 23.1 Å². The van der Waals surface area contributed by atoms with Gasteiger partial charge in [-0.25, -0.2) is 17.8 Å². The molecule has 39 heavy (non-hydrogen) atoms. The minimum atomic E-state index is -4.36. The predicted octanol–water partition coefficient (Wildman–Crippen LogP) is 5.02. The van der Waals surface area contributed by atoms with Gasteiger partial charge in [-0.3, -0.25) is 19.5 Å². The molecule has 0 spiro atoms. The maximum Gasteiger partial charge on any atom is 0.269 e. The van der Waals surface area contributed by atoms with E-state index in [1.165, 1.54) is 12.6 Å². The number of aryl methyl sites for hydroxylation is 1. The lowest BCUT2D eigenvalue weighted by Gasteiger charge is -2.31. The van der Waals surface area contributed by atoms with E-state index in [1.807, 2.05) is 6.07 Å². The maximum atomic E-state index is 15.4. The minimum Gasteiger partial charge on any atom is -0.442 e. The number of hydrogen-bond acceptors (Lipinski definition) is 8. The first-order valence-electron chi connectivity index (χ1n) is 11.7. The van der Waals surface area contributed by atoms with Crippen LogP contribution in [0.25, 0.3) is 22.4 Å². The number of nitriles is 1. The molecule has 5 aromatic rings. The summed E-state index contributed by atoms with van der Waals surface area (Å²) < 4.78 is 50.2. The molecule has 2 heterocycles. The Morgan fingerprint density at radius 2 is 1.97 bits per heavy atom. The van der Waals surface area contributed by atoms with Crippen molar-refractivity contribution >= 4 is 32.3 Å². The van der Waals surface area contributed by atoms with E-state index in [9.17, 15) is 23.8 Å². The molecule has 0 amide bonds. The van der Waals surface area contributed by atoms with Gasteiger partial charge in [0.15, 0.2) is 12.2 Å². The lowest BCUT2D eigenvalue weighted by Crippen LogP contribution is -2.34. The first kappa shape index (κ1) is 24.3. The number of nitrogens with zero attached hydrogens (tertiary/aromatic N) is 5. The van der Waals surface area contributed by atoms with E-state index in [-0.39, 0.29) is 33.8 Å². The van der Waals surface area contributed by atoms with Crippen LogP contribution in [0.1, 0.15) is 29.2 Å². The number of anilines is 1. The largest absolute Gasteiger partial charge is 0.442 e. The highest BCUT2D eigenvalue weighted by molar-refractivity contribution is 7.92. The molecular weight excluding hydrogens is 527 g/mol. The normalized spacial score (nSPS) is 14.7. The molecular formula is C26H17FN6O5S. The Labute approximate surface area is 220 Å².